The Morgan fingerprint density at radius 3 is 2.13 bits per heavy atom. The predicted octanol–water partition coefficient (Wildman–Crippen LogP) is 3.18. The molecule has 3 atom stereocenters. The van der Waals surface area contributed by atoms with E-state index < -0.39 is 59.8 Å². The van der Waals surface area contributed by atoms with Crippen molar-refractivity contribution in [2.45, 2.75) is 78.1 Å². The van der Waals surface area contributed by atoms with Gasteiger partial charge in [0.2, 0.25) is 17.7 Å². The van der Waals surface area contributed by atoms with Gasteiger partial charge in [-0.15, -0.1) is 0 Å². The fourth-order valence-corrected chi connectivity index (χ4v) is 4.58. The molecule has 0 saturated heterocycles. The molecular formula is C33H42N4O8. The smallest absolute Gasteiger partial charge is 0.408 e. The van der Waals surface area contributed by atoms with Gasteiger partial charge in [-0.05, 0) is 63.3 Å². The van der Waals surface area contributed by atoms with Crippen molar-refractivity contribution in [3.63, 3.8) is 0 Å². The SMILES string of the molecule is Cc1cc(=O)oc2cc(NC(=O)C(CC(C)C)NC(=O)C(Cc3ccccc3)NC(=O)C(CO)NC(=O)OC(C)(C)C)ccc12. The lowest BCUT2D eigenvalue weighted by atomic mass is 10.0. The first-order chi connectivity index (χ1) is 21.1. The summed E-state index contributed by atoms with van der Waals surface area (Å²) in [4.78, 5) is 64.4. The lowest BCUT2D eigenvalue weighted by Gasteiger charge is -2.26. The molecule has 0 bridgehead atoms. The van der Waals surface area contributed by atoms with Crippen molar-refractivity contribution in [2.24, 2.45) is 5.92 Å². The zero-order valence-corrected chi connectivity index (χ0v) is 26.4. The topological polar surface area (TPSA) is 176 Å². The Hall–Kier alpha value is -4.71. The van der Waals surface area contributed by atoms with Gasteiger partial charge in [0, 0.05) is 29.6 Å². The van der Waals surface area contributed by atoms with Crippen LogP contribution in [-0.2, 0) is 25.5 Å². The Balaban J connectivity index is 1.81. The van der Waals surface area contributed by atoms with Crippen LogP contribution in [0.25, 0.3) is 11.0 Å². The third-order valence-electron chi connectivity index (χ3n) is 6.66. The number of anilines is 1. The highest BCUT2D eigenvalue weighted by Crippen LogP contribution is 2.21. The first-order valence-electron chi connectivity index (χ1n) is 14.8. The van der Waals surface area contributed by atoms with Crippen molar-refractivity contribution < 1.29 is 33.4 Å². The van der Waals surface area contributed by atoms with E-state index in [1.54, 1.807) is 70.2 Å². The largest absolute Gasteiger partial charge is 0.444 e. The Kier molecular flexibility index (Phi) is 11.9. The van der Waals surface area contributed by atoms with Crippen molar-refractivity contribution in [1.82, 2.24) is 16.0 Å². The highest BCUT2D eigenvalue weighted by atomic mass is 16.6. The molecule has 0 spiro atoms. The molecule has 242 valence electrons. The summed E-state index contributed by atoms with van der Waals surface area (Å²) in [6.45, 7) is 9.81. The number of aliphatic hydroxyl groups excluding tert-OH is 1. The molecule has 3 unspecified atom stereocenters. The fourth-order valence-electron chi connectivity index (χ4n) is 4.58. The van der Waals surface area contributed by atoms with E-state index in [0.29, 0.717) is 11.3 Å². The van der Waals surface area contributed by atoms with Crippen LogP contribution in [0.15, 0.2) is 63.8 Å². The highest BCUT2D eigenvalue weighted by Gasteiger charge is 2.31. The van der Waals surface area contributed by atoms with E-state index in [-0.39, 0.29) is 18.8 Å². The maximum absolute atomic E-state index is 13.7. The lowest BCUT2D eigenvalue weighted by molar-refractivity contribution is -0.132. The minimum Gasteiger partial charge on any atom is -0.444 e. The number of hydrogen-bond donors (Lipinski definition) is 5. The number of carbonyl (C=O) groups is 4. The Morgan fingerprint density at radius 2 is 1.51 bits per heavy atom. The van der Waals surface area contributed by atoms with E-state index in [1.807, 2.05) is 19.9 Å². The van der Waals surface area contributed by atoms with Gasteiger partial charge in [-0.3, -0.25) is 14.4 Å². The summed E-state index contributed by atoms with van der Waals surface area (Å²) in [6.07, 6.45) is -0.551. The molecule has 4 amide bonds. The molecular weight excluding hydrogens is 580 g/mol. The van der Waals surface area contributed by atoms with E-state index in [2.05, 4.69) is 21.3 Å². The number of amides is 4. The van der Waals surface area contributed by atoms with Gasteiger partial charge in [-0.25, -0.2) is 9.59 Å². The Labute approximate surface area is 261 Å². The van der Waals surface area contributed by atoms with Crippen molar-refractivity contribution in [3.05, 3.63) is 76.1 Å². The van der Waals surface area contributed by atoms with E-state index in [4.69, 9.17) is 9.15 Å². The van der Waals surface area contributed by atoms with Crippen LogP contribution in [0.3, 0.4) is 0 Å². The van der Waals surface area contributed by atoms with Crippen molar-refractivity contribution in [2.75, 3.05) is 11.9 Å². The minimum atomic E-state index is -1.39. The molecule has 0 aliphatic rings. The van der Waals surface area contributed by atoms with Gasteiger partial charge >= 0.3 is 11.7 Å². The maximum atomic E-state index is 13.7. The van der Waals surface area contributed by atoms with Crippen LogP contribution in [0, 0.1) is 12.8 Å². The number of fused-ring (bicyclic) bond motifs is 1. The number of aryl methyl sites for hydroxylation is 1. The molecule has 0 aliphatic heterocycles. The molecule has 5 N–H and O–H groups in total. The number of carbonyl (C=O) groups excluding carboxylic acids is 4. The highest BCUT2D eigenvalue weighted by molar-refractivity contribution is 6.00. The van der Waals surface area contributed by atoms with Gasteiger partial charge < -0.3 is 35.5 Å². The minimum absolute atomic E-state index is 0.0114. The van der Waals surface area contributed by atoms with Crippen LogP contribution in [0.1, 0.15) is 52.2 Å². The average Bonchev–Trinajstić information content (AvgIpc) is 2.94. The second kappa shape index (κ2) is 15.3. The fraction of sp³-hybridized carbons (Fsp3) is 0.424. The first-order valence-corrected chi connectivity index (χ1v) is 14.8. The van der Waals surface area contributed by atoms with E-state index in [0.717, 1.165) is 16.5 Å². The summed E-state index contributed by atoms with van der Waals surface area (Å²) in [7, 11) is 0. The number of nitrogens with one attached hydrogen (secondary N) is 4. The number of rotatable bonds is 12. The number of hydrogen-bond acceptors (Lipinski definition) is 8. The van der Waals surface area contributed by atoms with Gasteiger partial charge in [-0.1, -0.05) is 44.2 Å². The first kappa shape index (κ1) is 34.8. The second-order valence-electron chi connectivity index (χ2n) is 12.3. The van der Waals surface area contributed by atoms with Gasteiger partial charge in [0.15, 0.2) is 0 Å². The van der Waals surface area contributed by atoms with E-state index in [9.17, 15) is 29.1 Å². The van der Waals surface area contributed by atoms with Gasteiger partial charge in [0.05, 0.1) is 6.61 Å². The predicted molar refractivity (Wildman–Crippen MR) is 170 cm³/mol. The zero-order valence-electron chi connectivity index (χ0n) is 26.4. The second-order valence-corrected chi connectivity index (χ2v) is 12.3. The quantitative estimate of drug-likeness (QED) is 0.191. The summed E-state index contributed by atoms with van der Waals surface area (Å²) in [5, 5.41) is 21.0. The van der Waals surface area contributed by atoms with Gasteiger partial charge in [0.1, 0.15) is 29.3 Å². The molecule has 3 aromatic rings. The number of ether oxygens (including phenoxy) is 1. The summed E-state index contributed by atoms with van der Waals surface area (Å²) in [5.41, 5.74) is 0.812. The summed E-state index contributed by atoms with van der Waals surface area (Å²) >= 11 is 0. The van der Waals surface area contributed by atoms with E-state index in [1.165, 1.54) is 6.07 Å². The molecule has 1 aromatic heterocycles. The zero-order chi connectivity index (χ0) is 33.3. The average molecular weight is 623 g/mol. The molecule has 0 saturated carbocycles. The molecule has 1 heterocycles. The molecule has 2 aromatic carbocycles. The Morgan fingerprint density at radius 1 is 0.867 bits per heavy atom. The van der Waals surface area contributed by atoms with Crippen molar-refractivity contribution in [3.8, 4) is 0 Å². The summed E-state index contributed by atoms with van der Waals surface area (Å²) < 4.78 is 10.5. The standard InChI is InChI=1S/C33H42N4O8/c1-19(2)14-24(29(40)34-22-12-13-23-20(3)15-28(39)44-27(23)17-22)35-30(41)25(16-21-10-8-7-9-11-21)36-31(42)26(18-38)37-32(43)45-33(4,5)6/h7-13,15,17,19,24-26,38H,14,16,18H2,1-6H3,(H,34,40)(H,35,41)(H,36,42)(H,37,43). The van der Waals surface area contributed by atoms with Crippen LogP contribution < -0.4 is 26.9 Å². The lowest BCUT2D eigenvalue weighted by Crippen LogP contribution is -2.58. The monoisotopic (exact) mass is 622 g/mol. The maximum Gasteiger partial charge on any atom is 0.408 e. The molecule has 12 heteroatoms. The van der Waals surface area contributed by atoms with Crippen LogP contribution in [-0.4, -0.2) is 59.3 Å². The van der Waals surface area contributed by atoms with Crippen LogP contribution >= 0.6 is 0 Å². The molecule has 0 radical (unpaired) electrons. The third-order valence-corrected chi connectivity index (χ3v) is 6.66. The number of aliphatic hydroxyl groups is 1. The van der Waals surface area contributed by atoms with Gasteiger partial charge in [0.25, 0.3) is 0 Å². The van der Waals surface area contributed by atoms with Crippen molar-refractivity contribution >= 4 is 40.5 Å². The molecule has 0 fully saturated rings. The molecule has 0 aliphatic carbocycles. The summed E-state index contributed by atoms with van der Waals surface area (Å²) in [6, 6.07) is 11.8. The number of alkyl carbamates (subject to hydrolysis) is 1. The third kappa shape index (κ3) is 10.8. The van der Waals surface area contributed by atoms with Crippen LogP contribution in [0.5, 0.6) is 0 Å². The normalized spacial score (nSPS) is 13.4. The molecule has 3 rings (SSSR count). The van der Waals surface area contributed by atoms with E-state index >= 15 is 0 Å². The van der Waals surface area contributed by atoms with Crippen LogP contribution in [0.2, 0.25) is 0 Å². The molecule has 45 heavy (non-hydrogen) atoms. The Bertz CT molecular complexity index is 1560. The van der Waals surface area contributed by atoms with Crippen LogP contribution in [0.4, 0.5) is 10.5 Å². The summed E-state index contributed by atoms with van der Waals surface area (Å²) in [5.74, 6) is -1.94. The number of benzene rings is 2. The van der Waals surface area contributed by atoms with Crippen molar-refractivity contribution in [1.29, 1.82) is 0 Å². The van der Waals surface area contributed by atoms with Gasteiger partial charge in [-0.2, -0.15) is 0 Å². The molecule has 12 nitrogen and oxygen atoms in total.